The van der Waals surface area contributed by atoms with Crippen LogP contribution in [-0.2, 0) is 0 Å². The maximum atomic E-state index is 4.20. The highest BCUT2D eigenvalue weighted by atomic mass is 14.8. The zero-order chi connectivity index (χ0) is 6.81. The fourth-order valence-corrected chi connectivity index (χ4v) is 1.29. The molecule has 0 aromatic heterocycles. The molecule has 0 saturated heterocycles. The molecule has 0 spiro atoms. The predicted molar refractivity (Wildman–Crippen MR) is 41.4 cm³/mol. The second-order valence-electron chi connectivity index (χ2n) is 2.47. The Morgan fingerprint density at radius 2 is 2.40 bits per heavy atom. The summed E-state index contributed by atoms with van der Waals surface area (Å²) < 4.78 is 0. The molecule has 0 amide bonds. The Balaban J connectivity index is 2.43. The van der Waals surface area contributed by atoms with Crippen molar-refractivity contribution >= 4 is 11.6 Å². The molecule has 1 saturated carbocycles. The molecule has 0 unspecified atom stereocenters. The normalized spacial score (nSPS) is 21.6. The Labute approximate surface area is 59.7 Å². The Hall–Kier alpha value is -1.14. The van der Waals surface area contributed by atoms with Gasteiger partial charge in [-0.1, -0.05) is 0 Å². The number of nitrogens with zero attached hydrogens (tertiary/aromatic N) is 2. The van der Waals surface area contributed by atoms with Crippen molar-refractivity contribution in [2.45, 2.75) is 19.3 Å². The summed E-state index contributed by atoms with van der Waals surface area (Å²) >= 11 is 0. The van der Waals surface area contributed by atoms with Gasteiger partial charge in [-0.25, -0.2) is 4.99 Å². The average molecular weight is 132 g/mol. The van der Waals surface area contributed by atoms with Crippen molar-refractivity contribution in [1.29, 1.82) is 0 Å². The number of aliphatic imine (C=N–C) groups is 2. The first kappa shape index (κ1) is 5.63. The van der Waals surface area contributed by atoms with E-state index in [0.29, 0.717) is 0 Å². The van der Waals surface area contributed by atoms with Gasteiger partial charge in [-0.2, -0.15) is 0 Å². The number of allylic oxidation sites excluding steroid dienone is 1. The molecule has 2 heteroatoms. The summed E-state index contributed by atoms with van der Waals surface area (Å²) in [5.41, 5.74) is 2.50. The Bertz CT molecular complexity index is 241. The van der Waals surface area contributed by atoms with Crippen LogP contribution in [0.3, 0.4) is 0 Å². The number of hydrogen-bond donors (Lipinski definition) is 0. The first-order valence-electron chi connectivity index (χ1n) is 3.50. The summed E-state index contributed by atoms with van der Waals surface area (Å²) in [5, 5.41) is 0. The molecule has 2 aliphatic rings. The quantitative estimate of drug-likeness (QED) is 0.479. The molecule has 0 atom stereocenters. The first-order valence-corrected chi connectivity index (χ1v) is 3.50. The standard InChI is InChI=1S/C8H8N2/c1-2-7-6-9-4-5-10-8(7)3-1/h5-6H,1-3H2. The SMILES string of the molecule is C1=CN=C2CCCC2=CN=1. The van der Waals surface area contributed by atoms with Crippen molar-refractivity contribution in [1.82, 2.24) is 0 Å². The summed E-state index contributed by atoms with van der Waals surface area (Å²) in [6.45, 7) is 0. The number of hydrogen-bond acceptors (Lipinski definition) is 2. The molecule has 0 aromatic rings. The number of fused-ring (bicyclic) bond motifs is 1. The molecule has 1 aliphatic heterocycles. The highest BCUT2D eigenvalue weighted by Gasteiger charge is 2.14. The van der Waals surface area contributed by atoms with Crippen LogP contribution in [0.25, 0.3) is 0 Å². The molecule has 1 heterocycles. The van der Waals surface area contributed by atoms with Crippen molar-refractivity contribution in [3.8, 4) is 0 Å². The topological polar surface area (TPSA) is 24.7 Å². The minimum atomic E-state index is 1.11. The zero-order valence-corrected chi connectivity index (χ0v) is 5.67. The highest BCUT2D eigenvalue weighted by Crippen LogP contribution is 2.22. The molecule has 1 aliphatic carbocycles. The molecule has 2 nitrogen and oxygen atoms in total. The van der Waals surface area contributed by atoms with Crippen molar-refractivity contribution in [3.05, 3.63) is 18.0 Å². The molecule has 50 valence electrons. The Kier molecular flexibility index (Phi) is 1.26. The van der Waals surface area contributed by atoms with Gasteiger partial charge in [-0.3, -0.25) is 4.99 Å². The highest BCUT2D eigenvalue weighted by molar-refractivity contribution is 6.03. The second-order valence-corrected chi connectivity index (χ2v) is 2.47. The van der Waals surface area contributed by atoms with Crippen molar-refractivity contribution in [2.24, 2.45) is 9.98 Å². The fraction of sp³-hybridized carbons (Fsp3) is 0.375. The van der Waals surface area contributed by atoms with Crippen molar-refractivity contribution in [3.63, 3.8) is 0 Å². The van der Waals surface area contributed by atoms with Crippen LogP contribution in [0.4, 0.5) is 0 Å². The van der Waals surface area contributed by atoms with E-state index in [-0.39, 0.29) is 0 Å². The third-order valence-corrected chi connectivity index (χ3v) is 1.80. The van der Waals surface area contributed by atoms with Crippen LogP contribution >= 0.6 is 0 Å². The van der Waals surface area contributed by atoms with Crippen LogP contribution in [0.15, 0.2) is 28.0 Å². The average Bonchev–Trinajstić information content (AvgIpc) is 2.28. The van der Waals surface area contributed by atoms with E-state index < -0.39 is 0 Å². The Morgan fingerprint density at radius 3 is 3.40 bits per heavy atom. The van der Waals surface area contributed by atoms with Gasteiger partial charge in [0.2, 0.25) is 0 Å². The van der Waals surface area contributed by atoms with Gasteiger partial charge in [0, 0.05) is 17.8 Å². The maximum Gasteiger partial charge on any atom is 0.0885 e. The summed E-state index contributed by atoms with van der Waals surface area (Å²) in [7, 11) is 0. The van der Waals surface area contributed by atoms with E-state index in [2.05, 4.69) is 15.9 Å². The molecule has 0 aromatic carbocycles. The van der Waals surface area contributed by atoms with Gasteiger partial charge in [0.1, 0.15) is 0 Å². The third kappa shape index (κ3) is 0.829. The summed E-state index contributed by atoms with van der Waals surface area (Å²) in [4.78, 5) is 8.14. The number of rotatable bonds is 0. The molecule has 0 radical (unpaired) electrons. The van der Waals surface area contributed by atoms with E-state index in [1.165, 1.54) is 17.7 Å². The van der Waals surface area contributed by atoms with Crippen LogP contribution in [-0.4, -0.2) is 11.6 Å². The summed E-state index contributed by atoms with van der Waals surface area (Å²) in [6, 6.07) is 0. The van der Waals surface area contributed by atoms with Crippen LogP contribution in [0.5, 0.6) is 0 Å². The second kappa shape index (κ2) is 2.24. The van der Waals surface area contributed by atoms with Crippen LogP contribution in [0.2, 0.25) is 0 Å². The zero-order valence-electron chi connectivity index (χ0n) is 5.67. The van der Waals surface area contributed by atoms with E-state index >= 15 is 0 Å². The van der Waals surface area contributed by atoms with Gasteiger partial charge >= 0.3 is 0 Å². The molecular formula is C8H8N2. The van der Waals surface area contributed by atoms with Crippen LogP contribution in [0, 0.1) is 0 Å². The molecule has 2 rings (SSSR count). The van der Waals surface area contributed by atoms with E-state index in [1.54, 1.807) is 6.20 Å². The minimum Gasteiger partial charge on any atom is -0.251 e. The molecule has 10 heavy (non-hydrogen) atoms. The van der Waals surface area contributed by atoms with Gasteiger partial charge in [0.25, 0.3) is 0 Å². The van der Waals surface area contributed by atoms with E-state index in [1.807, 2.05) is 6.20 Å². The van der Waals surface area contributed by atoms with E-state index in [9.17, 15) is 0 Å². The van der Waals surface area contributed by atoms with Crippen LogP contribution < -0.4 is 0 Å². The minimum absolute atomic E-state index is 1.11. The lowest BCUT2D eigenvalue weighted by molar-refractivity contribution is 0.944. The lowest BCUT2D eigenvalue weighted by Gasteiger charge is -1.91. The lowest BCUT2D eigenvalue weighted by Crippen LogP contribution is -1.90. The van der Waals surface area contributed by atoms with Crippen LogP contribution in [0.1, 0.15) is 19.3 Å². The molecular weight excluding hydrogens is 124 g/mol. The molecule has 0 bridgehead atoms. The lowest BCUT2D eigenvalue weighted by atomic mass is 10.2. The van der Waals surface area contributed by atoms with Crippen molar-refractivity contribution < 1.29 is 0 Å². The third-order valence-electron chi connectivity index (χ3n) is 1.80. The van der Waals surface area contributed by atoms with Gasteiger partial charge in [0.15, 0.2) is 0 Å². The van der Waals surface area contributed by atoms with Gasteiger partial charge < -0.3 is 0 Å². The predicted octanol–water partition coefficient (Wildman–Crippen LogP) is 1.69. The Morgan fingerprint density at radius 1 is 1.40 bits per heavy atom. The molecule has 1 fully saturated rings. The molecule has 0 N–H and O–H groups in total. The smallest absolute Gasteiger partial charge is 0.0885 e. The summed E-state index contributed by atoms with van der Waals surface area (Å²) in [6.07, 6.45) is 6.99. The first-order chi connectivity index (χ1) is 4.97. The monoisotopic (exact) mass is 132 g/mol. The van der Waals surface area contributed by atoms with Gasteiger partial charge in [-0.05, 0) is 24.8 Å². The van der Waals surface area contributed by atoms with E-state index in [4.69, 9.17) is 0 Å². The largest absolute Gasteiger partial charge is 0.251 e. The fourth-order valence-electron chi connectivity index (χ4n) is 1.29. The maximum absolute atomic E-state index is 4.20. The van der Waals surface area contributed by atoms with Gasteiger partial charge in [-0.15, -0.1) is 0 Å². The van der Waals surface area contributed by atoms with E-state index in [0.717, 1.165) is 12.8 Å². The van der Waals surface area contributed by atoms with Crippen molar-refractivity contribution in [2.75, 3.05) is 0 Å². The summed E-state index contributed by atoms with van der Waals surface area (Å²) in [5.74, 6) is 2.71. The van der Waals surface area contributed by atoms with Gasteiger partial charge in [0.05, 0.1) is 6.20 Å².